The van der Waals surface area contributed by atoms with Crippen LogP contribution in [0.1, 0.15) is 12.8 Å². The quantitative estimate of drug-likeness (QED) is 0.597. The van der Waals surface area contributed by atoms with Crippen LogP contribution in [0.15, 0.2) is 16.6 Å². The number of aromatic nitrogens is 1. The van der Waals surface area contributed by atoms with Crippen molar-refractivity contribution in [3.8, 4) is 0 Å². The Labute approximate surface area is 127 Å². The third-order valence-corrected chi connectivity index (χ3v) is 4.45. The monoisotopic (exact) mass is 308 g/mol. The number of nitrogens with two attached hydrogens (primary N) is 1. The minimum absolute atomic E-state index is 0.0399. The smallest absolute Gasteiger partial charge is 0.242 e. The molecule has 1 aliphatic heterocycles. The van der Waals surface area contributed by atoms with Gasteiger partial charge in [0.1, 0.15) is 6.54 Å². The number of guanidine groups is 1. The number of nitrogens with zero attached hydrogens (tertiary/aromatic N) is 4. The standard InChI is InChI=1S/C13H20N6OS/c14-12(16-9-11(20)17-10-1-2-10)18-4-6-19(7-5-18)13-15-3-8-21-13/h3,8,10H,1-2,4-7,9H2,(H2,14,16)(H,17,20). The van der Waals surface area contributed by atoms with Gasteiger partial charge in [-0.25, -0.2) is 9.98 Å². The van der Waals surface area contributed by atoms with Gasteiger partial charge in [-0.15, -0.1) is 11.3 Å². The lowest BCUT2D eigenvalue weighted by Crippen LogP contribution is -2.51. The predicted octanol–water partition coefficient (Wildman–Crippen LogP) is -0.142. The van der Waals surface area contributed by atoms with Crippen molar-refractivity contribution in [3.63, 3.8) is 0 Å². The molecule has 2 aliphatic rings. The molecule has 21 heavy (non-hydrogen) atoms. The van der Waals surface area contributed by atoms with Crippen molar-refractivity contribution in [3.05, 3.63) is 11.6 Å². The number of hydrogen-bond acceptors (Lipinski definition) is 5. The van der Waals surface area contributed by atoms with Crippen molar-refractivity contribution in [2.45, 2.75) is 18.9 Å². The lowest BCUT2D eigenvalue weighted by atomic mass is 10.3. The summed E-state index contributed by atoms with van der Waals surface area (Å²) in [6, 6.07) is 0.371. The number of anilines is 1. The maximum atomic E-state index is 11.6. The van der Waals surface area contributed by atoms with Crippen LogP contribution in [0.25, 0.3) is 0 Å². The first-order valence-electron chi connectivity index (χ1n) is 7.21. The van der Waals surface area contributed by atoms with Crippen LogP contribution >= 0.6 is 11.3 Å². The van der Waals surface area contributed by atoms with Crippen LogP contribution in [0.5, 0.6) is 0 Å². The molecule has 8 heteroatoms. The molecule has 1 saturated carbocycles. The largest absolute Gasteiger partial charge is 0.370 e. The molecular formula is C13H20N6OS. The van der Waals surface area contributed by atoms with Crippen molar-refractivity contribution < 1.29 is 4.79 Å². The van der Waals surface area contributed by atoms with Gasteiger partial charge in [-0.2, -0.15) is 0 Å². The fourth-order valence-corrected chi connectivity index (χ4v) is 2.95. The summed E-state index contributed by atoms with van der Waals surface area (Å²) in [5, 5.41) is 5.93. The second kappa shape index (κ2) is 6.30. The predicted molar refractivity (Wildman–Crippen MR) is 83.6 cm³/mol. The highest BCUT2D eigenvalue weighted by atomic mass is 32.1. The zero-order valence-electron chi connectivity index (χ0n) is 11.9. The molecule has 1 aromatic heterocycles. The molecule has 1 amide bonds. The number of piperazine rings is 1. The molecule has 3 N–H and O–H groups in total. The van der Waals surface area contributed by atoms with Crippen LogP contribution in [0.2, 0.25) is 0 Å². The summed E-state index contributed by atoms with van der Waals surface area (Å²) in [4.78, 5) is 24.4. The molecule has 2 heterocycles. The number of carbonyl (C=O) groups is 1. The zero-order valence-corrected chi connectivity index (χ0v) is 12.7. The maximum Gasteiger partial charge on any atom is 0.242 e. The summed E-state index contributed by atoms with van der Waals surface area (Å²) in [6.07, 6.45) is 3.99. The number of amides is 1. The molecule has 0 aromatic carbocycles. The molecule has 1 saturated heterocycles. The lowest BCUT2D eigenvalue weighted by Gasteiger charge is -2.35. The Hall–Kier alpha value is -1.83. The van der Waals surface area contributed by atoms with Gasteiger partial charge >= 0.3 is 0 Å². The number of rotatable bonds is 4. The van der Waals surface area contributed by atoms with Crippen molar-refractivity contribution in [2.75, 3.05) is 37.6 Å². The number of hydrogen-bond donors (Lipinski definition) is 2. The van der Waals surface area contributed by atoms with Gasteiger partial charge in [-0.05, 0) is 12.8 Å². The first-order valence-corrected chi connectivity index (χ1v) is 8.09. The molecule has 3 rings (SSSR count). The molecule has 0 unspecified atom stereocenters. The topological polar surface area (TPSA) is 86.8 Å². The molecule has 114 valence electrons. The lowest BCUT2D eigenvalue weighted by molar-refractivity contribution is -0.119. The molecule has 1 aliphatic carbocycles. The summed E-state index contributed by atoms with van der Waals surface area (Å²) >= 11 is 1.65. The SMILES string of the molecule is NC(=NCC(=O)NC1CC1)N1CCN(c2nccs2)CC1. The van der Waals surface area contributed by atoms with Gasteiger partial charge in [0.2, 0.25) is 5.91 Å². The van der Waals surface area contributed by atoms with Crippen LogP contribution < -0.4 is 16.0 Å². The Kier molecular flexibility index (Phi) is 4.23. The summed E-state index contributed by atoms with van der Waals surface area (Å²) in [6.45, 7) is 3.48. The Morgan fingerprint density at radius 1 is 1.43 bits per heavy atom. The second-order valence-electron chi connectivity index (χ2n) is 5.30. The maximum absolute atomic E-state index is 11.6. The van der Waals surface area contributed by atoms with Crippen LogP contribution in [0.4, 0.5) is 5.13 Å². The van der Waals surface area contributed by atoms with Crippen LogP contribution in [0.3, 0.4) is 0 Å². The van der Waals surface area contributed by atoms with E-state index in [9.17, 15) is 4.79 Å². The molecule has 1 aromatic rings. The van der Waals surface area contributed by atoms with E-state index in [1.54, 1.807) is 11.3 Å². The summed E-state index contributed by atoms with van der Waals surface area (Å²) in [5.41, 5.74) is 5.97. The van der Waals surface area contributed by atoms with Crippen LogP contribution in [-0.4, -0.2) is 60.5 Å². The van der Waals surface area contributed by atoms with E-state index in [0.29, 0.717) is 12.0 Å². The van der Waals surface area contributed by atoms with E-state index >= 15 is 0 Å². The third-order valence-electron chi connectivity index (χ3n) is 3.62. The van der Waals surface area contributed by atoms with Crippen molar-refractivity contribution in [2.24, 2.45) is 10.7 Å². The number of thiazole rings is 1. The average Bonchev–Trinajstić information content (AvgIpc) is 3.15. The molecule has 0 radical (unpaired) electrons. The van der Waals surface area contributed by atoms with Gasteiger partial charge in [-0.3, -0.25) is 4.79 Å². The first-order chi connectivity index (χ1) is 10.2. The highest BCUT2D eigenvalue weighted by molar-refractivity contribution is 7.13. The van der Waals surface area contributed by atoms with E-state index in [2.05, 4.69) is 20.2 Å². The fraction of sp³-hybridized carbons (Fsp3) is 0.615. The number of aliphatic imine (C=N–C) groups is 1. The average molecular weight is 308 g/mol. The summed E-state index contributed by atoms with van der Waals surface area (Å²) < 4.78 is 0. The van der Waals surface area contributed by atoms with E-state index in [-0.39, 0.29) is 12.5 Å². The minimum Gasteiger partial charge on any atom is -0.370 e. The van der Waals surface area contributed by atoms with Crippen molar-refractivity contribution >= 4 is 28.3 Å². The second-order valence-corrected chi connectivity index (χ2v) is 6.18. The van der Waals surface area contributed by atoms with Gasteiger partial charge in [0.05, 0.1) is 0 Å². The highest BCUT2D eigenvalue weighted by Gasteiger charge is 2.23. The summed E-state index contributed by atoms with van der Waals surface area (Å²) in [7, 11) is 0. The van der Waals surface area contributed by atoms with E-state index in [1.807, 2.05) is 16.5 Å². The summed E-state index contributed by atoms with van der Waals surface area (Å²) in [5.74, 6) is 0.418. The normalized spacial score (nSPS) is 19.7. The Morgan fingerprint density at radius 2 is 2.19 bits per heavy atom. The third kappa shape index (κ3) is 3.84. The van der Waals surface area contributed by atoms with Crippen molar-refractivity contribution in [1.82, 2.24) is 15.2 Å². The molecule has 7 nitrogen and oxygen atoms in total. The Morgan fingerprint density at radius 3 is 2.81 bits per heavy atom. The Balaban J connectivity index is 1.45. The number of carbonyl (C=O) groups excluding carboxylic acids is 1. The van der Waals surface area contributed by atoms with E-state index in [0.717, 1.165) is 44.2 Å². The van der Waals surface area contributed by atoms with E-state index < -0.39 is 0 Å². The number of nitrogens with one attached hydrogen (secondary N) is 1. The fourth-order valence-electron chi connectivity index (χ4n) is 2.25. The van der Waals surface area contributed by atoms with Gasteiger partial charge in [0.25, 0.3) is 0 Å². The molecule has 0 atom stereocenters. The van der Waals surface area contributed by atoms with E-state index in [1.165, 1.54) is 0 Å². The minimum atomic E-state index is -0.0399. The van der Waals surface area contributed by atoms with Crippen molar-refractivity contribution in [1.29, 1.82) is 0 Å². The van der Waals surface area contributed by atoms with Gasteiger partial charge in [-0.1, -0.05) is 0 Å². The van der Waals surface area contributed by atoms with E-state index in [4.69, 9.17) is 5.73 Å². The first kappa shape index (κ1) is 14.1. The van der Waals surface area contributed by atoms with Gasteiger partial charge in [0, 0.05) is 43.8 Å². The molecular weight excluding hydrogens is 288 g/mol. The Bertz CT molecular complexity index is 505. The van der Waals surface area contributed by atoms with Crippen LogP contribution in [0, 0.1) is 0 Å². The van der Waals surface area contributed by atoms with Gasteiger partial charge in [0.15, 0.2) is 11.1 Å². The highest BCUT2D eigenvalue weighted by Crippen LogP contribution is 2.19. The molecule has 2 fully saturated rings. The molecule has 0 bridgehead atoms. The van der Waals surface area contributed by atoms with Crippen LogP contribution in [-0.2, 0) is 4.79 Å². The zero-order chi connectivity index (χ0) is 14.7. The molecule has 0 spiro atoms. The van der Waals surface area contributed by atoms with Gasteiger partial charge < -0.3 is 20.9 Å².